The molecule has 1 aromatic carbocycles. The number of nitrogens with one attached hydrogen (secondary N) is 1. The number of aryl methyl sites for hydroxylation is 1. The number of halogens is 1. The van der Waals surface area contributed by atoms with Gasteiger partial charge in [-0.15, -0.1) is 0 Å². The third-order valence-electron chi connectivity index (χ3n) is 5.04. The Morgan fingerprint density at radius 3 is 2.59 bits per heavy atom. The van der Waals surface area contributed by atoms with E-state index >= 15 is 0 Å². The summed E-state index contributed by atoms with van der Waals surface area (Å²) in [5, 5.41) is 33.5. The van der Waals surface area contributed by atoms with E-state index in [0.29, 0.717) is 17.8 Å². The predicted octanol–water partition coefficient (Wildman–Crippen LogP) is 2.49. The minimum atomic E-state index is -1.87. The van der Waals surface area contributed by atoms with Gasteiger partial charge >= 0.3 is 5.97 Å². The van der Waals surface area contributed by atoms with Crippen LogP contribution in [0.3, 0.4) is 0 Å². The number of anilines is 1. The molecule has 0 amide bonds. The molecular formula is C21H28FNO6. The Morgan fingerprint density at radius 1 is 1.24 bits per heavy atom. The first-order chi connectivity index (χ1) is 13.6. The van der Waals surface area contributed by atoms with E-state index in [9.17, 15) is 29.3 Å². The molecule has 0 spiro atoms. The summed E-state index contributed by atoms with van der Waals surface area (Å²) >= 11 is 0. The van der Waals surface area contributed by atoms with Crippen LogP contribution in [-0.4, -0.2) is 51.9 Å². The van der Waals surface area contributed by atoms with Crippen LogP contribution < -0.4 is 5.32 Å². The summed E-state index contributed by atoms with van der Waals surface area (Å²) < 4.78 is 19.6. The molecule has 0 saturated heterocycles. The molecule has 0 fully saturated rings. The van der Waals surface area contributed by atoms with Crippen LogP contribution in [0.2, 0.25) is 0 Å². The van der Waals surface area contributed by atoms with Gasteiger partial charge in [0.25, 0.3) is 0 Å². The van der Waals surface area contributed by atoms with E-state index in [1.165, 1.54) is 13.0 Å². The highest BCUT2D eigenvalue weighted by Crippen LogP contribution is 2.30. The number of aliphatic hydroxyl groups excluding tert-OH is 2. The number of phenols is 1. The van der Waals surface area contributed by atoms with E-state index in [0.717, 1.165) is 6.08 Å². The van der Waals surface area contributed by atoms with E-state index in [-0.39, 0.29) is 30.6 Å². The van der Waals surface area contributed by atoms with Crippen molar-refractivity contribution in [1.29, 1.82) is 0 Å². The van der Waals surface area contributed by atoms with Gasteiger partial charge in [-0.2, -0.15) is 0 Å². The Morgan fingerprint density at radius 2 is 1.93 bits per heavy atom. The number of rotatable bonds is 2. The molecule has 29 heavy (non-hydrogen) atoms. The topological polar surface area (TPSA) is 116 Å². The third-order valence-corrected chi connectivity index (χ3v) is 5.04. The van der Waals surface area contributed by atoms with Crippen LogP contribution >= 0.6 is 0 Å². The van der Waals surface area contributed by atoms with Crippen LogP contribution in [0.25, 0.3) is 0 Å². The van der Waals surface area contributed by atoms with E-state index in [1.807, 2.05) is 6.92 Å². The second-order valence-corrected chi connectivity index (χ2v) is 7.31. The maximum absolute atomic E-state index is 14.2. The molecule has 0 bridgehead atoms. The number of fused-ring (bicyclic) bond motifs is 1. The number of aliphatic hydroxyl groups is 2. The molecule has 0 radical (unpaired) electrons. The summed E-state index contributed by atoms with van der Waals surface area (Å²) in [7, 11) is 0. The number of benzene rings is 1. The molecule has 1 heterocycles. The summed E-state index contributed by atoms with van der Waals surface area (Å²) in [5.74, 6) is -4.07. The monoisotopic (exact) mass is 409 g/mol. The van der Waals surface area contributed by atoms with Gasteiger partial charge in [0.2, 0.25) is 5.78 Å². The average Bonchev–Trinajstić information content (AvgIpc) is 2.65. The maximum Gasteiger partial charge on any atom is 0.342 e. The number of hydrogen-bond donors (Lipinski definition) is 4. The molecule has 1 aliphatic rings. The molecule has 8 heteroatoms. The minimum absolute atomic E-state index is 0.00677. The van der Waals surface area contributed by atoms with Gasteiger partial charge in [-0.3, -0.25) is 4.79 Å². The molecule has 160 valence electrons. The van der Waals surface area contributed by atoms with Crippen LogP contribution in [-0.2, 0) is 16.0 Å². The lowest BCUT2D eigenvalue weighted by atomic mass is 9.95. The SMILES string of the molecule is CCNc1cc(O)c2c(c1)CCC[C@H](O)[C@H](O)C(=O)/C(F)=C\[C@H](C)[C@H](C)OC2=O. The molecule has 2 rings (SSSR count). The van der Waals surface area contributed by atoms with Crippen molar-refractivity contribution in [3.63, 3.8) is 0 Å². The van der Waals surface area contributed by atoms with Gasteiger partial charge in [0.15, 0.2) is 5.83 Å². The molecule has 0 unspecified atom stereocenters. The number of Topliss-reactive ketones (excluding diaryl/α,β-unsaturated/α-hetero) is 1. The first-order valence-electron chi connectivity index (χ1n) is 9.74. The van der Waals surface area contributed by atoms with Gasteiger partial charge in [0, 0.05) is 24.2 Å². The van der Waals surface area contributed by atoms with Gasteiger partial charge in [0.1, 0.15) is 23.5 Å². The van der Waals surface area contributed by atoms with Gasteiger partial charge in [-0.05, 0) is 50.8 Å². The van der Waals surface area contributed by atoms with Crippen molar-refractivity contribution >= 4 is 17.4 Å². The fraction of sp³-hybridized carbons (Fsp3) is 0.524. The Balaban J connectivity index is 2.45. The lowest BCUT2D eigenvalue weighted by Gasteiger charge is -2.22. The molecular weight excluding hydrogens is 381 g/mol. The van der Waals surface area contributed by atoms with Crippen LogP contribution in [0.5, 0.6) is 5.75 Å². The van der Waals surface area contributed by atoms with Crippen molar-refractivity contribution in [3.8, 4) is 5.75 Å². The number of esters is 1. The highest BCUT2D eigenvalue weighted by atomic mass is 19.1. The first-order valence-corrected chi connectivity index (χ1v) is 9.74. The Bertz CT molecular complexity index is 794. The van der Waals surface area contributed by atoms with Gasteiger partial charge in [-0.1, -0.05) is 6.92 Å². The van der Waals surface area contributed by atoms with Crippen molar-refractivity contribution in [2.45, 2.75) is 58.3 Å². The molecule has 1 aliphatic heterocycles. The lowest BCUT2D eigenvalue weighted by molar-refractivity contribution is -0.130. The Labute approximate surface area is 169 Å². The minimum Gasteiger partial charge on any atom is -0.507 e. The fourth-order valence-electron chi connectivity index (χ4n) is 3.18. The molecule has 4 atom stereocenters. The van der Waals surface area contributed by atoms with Crippen molar-refractivity contribution in [2.24, 2.45) is 5.92 Å². The first kappa shape index (κ1) is 22.8. The number of carbonyl (C=O) groups is 2. The summed E-state index contributed by atoms with van der Waals surface area (Å²) in [6.45, 7) is 5.59. The molecule has 7 nitrogen and oxygen atoms in total. The zero-order valence-corrected chi connectivity index (χ0v) is 16.8. The number of ether oxygens (including phenoxy) is 1. The van der Waals surface area contributed by atoms with Crippen molar-refractivity contribution in [1.82, 2.24) is 0 Å². The van der Waals surface area contributed by atoms with Crippen LogP contribution in [0, 0.1) is 5.92 Å². The summed E-state index contributed by atoms with van der Waals surface area (Å²) in [5.41, 5.74) is 1.15. The highest BCUT2D eigenvalue weighted by Gasteiger charge is 2.30. The second kappa shape index (κ2) is 9.84. The number of carbonyl (C=O) groups excluding carboxylic acids is 2. The zero-order valence-electron chi connectivity index (χ0n) is 16.8. The predicted molar refractivity (Wildman–Crippen MR) is 105 cm³/mol. The van der Waals surface area contributed by atoms with Gasteiger partial charge in [0.05, 0.1) is 6.10 Å². The number of cyclic esters (lactones) is 1. The highest BCUT2D eigenvalue weighted by molar-refractivity contribution is 5.97. The van der Waals surface area contributed by atoms with Crippen molar-refractivity contribution < 1.29 is 34.0 Å². The Kier molecular flexibility index (Phi) is 7.75. The summed E-state index contributed by atoms with van der Waals surface area (Å²) in [6, 6.07) is 3.14. The van der Waals surface area contributed by atoms with E-state index in [2.05, 4.69) is 5.32 Å². The van der Waals surface area contributed by atoms with Crippen LogP contribution in [0.15, 0.2) is 24.0 Å². The normalized spacial score (nSPS) is 28.6. The molecule has 0 aliphatic carbocycles. The molecule has 4 N–H and O–H groups in total. The quantitative estimate of drug-likeness (QED) is 0.555. The van der Waals surface area contributed by atoms with Crippen LogP contribution in [0.4, 0.5) is 10.1 Å². The summed E-state index contributed by atoms with van der Waals surface area (Å²) in [6.07, 6.45) is -2.59. The molecule has 0 aromatic heterocycles. The number of aromatic hydroxyl groups is 1. The number of ketones is 1. The van der Waals surface area contributed by atoms with Crippen LogP contribution in [0.1, 0.15) is 49.5 Å². The smallest absolute Gasteiger partial charge is 0.342 e. The van der Waals surface area contributed by atoms with Gasteiger partial charge in [-0.25, -0.2) is 9.18 Å². The third kappa shape index (κ3) is 5.55. The molecule has 1 aromatic rings. The van der Waals surface area contributed by atoms with E-state index in [1.54, 1.807) is 13.0 Å². The Hall–Kier alpha value is -2.45. The fourth-order valence-corrected chi connectivity index (χ4v) is 3.18. The zero-order chi connectivity index (χ0) is 21.7. The lowest BCUT2D eigenvalue weighted by Crippen LogP contribution is -2.35. The number of phenolic OH excluding ortho intramolecular Hbond substituents is 1. The summed E-state index contributed by atoms with van der Waals surface area (Å²) in [4.78, 5) is 24.7. The van der Waals surface area contributed by atoms with Crippen molar-refractivity contribution in [3.05, 3.63) is 35.2 Å². The molecule has 0 saturated carbocycles. The van der Waals surface area contributed by atoms with Gasteiger partial charge < -0.3 is 25.4 Å². The largest absolute Gasteiger partial charge is 0.507 e. The average molecular weight is 409 g/mol. The standard InChI is InChI=1S/C21H28FNO6/c1-4-23-14-9-13-6-5-7-16(24)20(27)19(26)15(22)8-11(2)12(3)29-21(28)18(13)17(25)10-14/h8-12,16,20,23-25,27H,4-7H2,1-3H3/b15-8+/t11-,12-,16-,20-/m0/s1. The second-order valence-electron chi connectivity index (χ2n) is 7.31. The van der Waals surface area contributed by atoms with E-state index < -0.39 is 41.8 Å². The number of hydrogen-bond acceptors (Lipinski definition) is 7. The van der Waals surface area contributed by atoms with E-state index in [4.69, 9.17) is 4.74 Å². The maximum atomic E-state index is 14.2. The van der Waals surface area contributed by atoms with Crippen molar-refractivity contribution in [2.75, 3.05) is 11.9 Å².